The molecule has 2 aliphatic heterocycles. The van der Waals surface area contributed by atoms with Crippen LogP contribution in [0.2, 0.25) is 0 Å². The van der Waals surface area contributed by atoms with Gasteiger partial charge in [-0.15, -0.1) is 10.2 Å². The first-order chi connectivity index (χ1) is 16.0. The molecule has 0 aromatic carbocycles. The summed E-state index contributed by atoms with van der Waals surface area (Å²) in [5, 5.41) is 13.3. The van der Waals surface area contributed by atoms with Crippen LogP contribution in [0.5, 0.6) is 0 Å². The third-order valence-corrected chi connectivity index (χ3v) is 7.76. The highest BCUT2D eigenvalue weighted by atomic mass is 32.2. The minimum Gasteiger partial charge on any atom is -0.466 e. The van der Waals surface area contributed by atoms with E-state index in [1.54, 1.807) is 11.8 Å². The molecule has 3 unspecified atom stereocenters. The third kappa shape index (κ3) is 4.53. The maximum Gasteiger partial charge on any atom is 0.202 e. The zero-order chi connectivity index (χ0) is 22.9. The summed E-state index contributed by atoms with van der Waals surface area (Å²) in [6, 6.07) is 0.512. The van der Waals surface area contributed by atoms with E-state index in [0.29, 0.717) is 23.6 Å². The molecule has 0 saturated carbocycles. The average molecular weight is 469 g/mol. The highest BCUT2D eigenvalue weighted by Crippen LogP contribution is 2.40. The fraction of sp³-hybridized carbons (Fsp3) is 0.583. The Kier molecular flexibility index (Phi) is 6.42. The van der Waals surface area contributed by atoms with Crippen LogP contribution >= 0.6 is 11.8 Å². The van der Waals surface area contributed by atoms with Crippen LogP contribution in [0.25, 0.3) is 11.6 Å². The summed E-state index contributed by atoms with van der Waals surface area (Å²) in [4.78, 5) is 8.89. The fourth-order valence-electron chi connectivity index (χ4n) is 4.81. The molecule has 0 saturated heterocycles. The van der Waals surface area contributed by atoms with Crippen molar-refractivity contribution in [3.05, 3.63) is 35.5 Å². The number of aromatic nitrogens is 4. The molecule has 176 valence electrons. The first-order valence-electron chi connectivity index (χ1n) is 11.8. The molecule has 8 nitrogen and oxygen atoms in total. The van der Waals surface area contributed by atoms with Crippen molar-refractivity contribution in [1.29, 1.82) is 0 Å². The molecule has 0 amide bonds. The van der Waals surface area contributed by atoms with Gasteiger partial charge in [-0.25, -0.2) is 9.98 Å². The van der Waals surface area contributed by atoms with Crippen molar-refractivity contribution in [2.45, 2.75) is 63.8 Å². The molecule has 0 bridgehead atoms. The summed E-state index contributed by atoms with van der Waals surface area (Å²) >= 11 is 1.74. The molecule has 33 heavy (non-hydrogen) atoms. The molecule has 2 aromatic heterocycles. The van der Waals surface area contributed by atoms with Gasteiger partial charge >= 0.3 is 0 Å². The third-order valence-electron chi connectivity index (χ3n) is 6.65. The number of aliphatic imine (C=N–C) groups is 1. The molecule has 0 fully saturated rings. The molecule has 3 atom stereocenters. The second-order valence-corrected chi connectivity index (χ2v) is 10.4. The van der Waals surface area contributed by atoms with E-state index < -0.39 is 0 Å². The van der Waals surface area contributed by atoms with E-state index in [2.05, 4.69) is 46.5 Å². The second kappa shape index (κ2) is 9.46. The molecule has 1 aliphatic carbocycles. The highest BCUT2D eigenvalue weighted by Gasteiger charge is 2.38. The number of oxazole rings is 1. The van der Waals surface area contributed by atoms with E-state index in [9.17, 15) is 0 Å². The van der Waals surface area contributed by atoms with Gasteiger partial charge in [0.25, 0.3) is 0 Å². The van der Waals surface area contributed by atoms with E-state index in [1.165, 1.54) is 12.0 Å². The van der Waals surface area contributed by atoms with Crippen molar-refractivity contribution < 1.29 is 9.15 Å². The minimum absolute atomic E-state index is 0.0374. The summed E-state index contributed by atoms with van der Waals surface area (Å²) in [6.07, 6.45) is 10.6. The standard InChI is InChI=1S/C24H32N6O2S/c1-14(2)23-27-19-8-7-16-12-17(25-10-9-18(16)21(19)32-23)6-5-11-33-24-29-28-22(30(24)4)20-15(3)26-13-31-20/h8-9,13-14,16-17,21,25H,5-7,10-12H2,1-4H3. The number of rotatable bonds is 7. The number of aryl methyl sites for hydroxylation is 1. The number of fused-ring (bicyclic) bond motifs is 3. The van der Waals surface area contributed by atoms with Crippen LogP contribution in [0.4, 0.5) is 0 Å². The van der Waals surface area contributed by atoms with Gasteiger partial charge in [0.1, 0.15) is 0 Å². The summed E-state index contributed by atoms with van der Waals surface area (Å²) in [5.74, 6) is 4.16. The number of nitrogens with zero attached hydrogens (tertiary/aromatic N) is 5. The van der Waals surface area contributed by atoms with E-state index in [-0.39, 0.29) is 6.10 Å². The smallest absolute Gasteiger partial charge is 0.202 e. The molecular weight excluding hydrogens is 436 g/mol. The van der Waals surface area contributed by atoms with Gasteiger partial charge in [-0.05, 0) is 44.1 Å². The Morgan fingerprint density at radius 1 is 1.27 bits per heavy atom. The predicted octanol–water partition coefficient (Wildman–Crippen LogP) is 4.30. The zero-order valence-electron chi connectivity index (χ0n) is 19.7. The molecule has 9 heteroatoms. The van der Waals surface area contributed by atoms with E-state index >= 15 is 0 Å². The quantitative estimate of drug-likeness (QED) is 0.368. The molecule has 1 N–H and O–H groups in total. The monoisotopic (exact) mass is 468 g/mol. The summed E-state index contributed by atoms with van der Waals surface area (Å²) < 4.78 is 13.7. The Hall–Kier alpha value is -2.39. The first-order valence-corrected chi connectivity index (χ1v) is 12.8. The molecule has 5 rings (SSSR count). The van der Waals surface area contributed by atoms with Crippen LogP contribution in [0.1, 0.15) is 45.2 Å². The lowest BCUT2D eigenvalue weighted by Crippen LogP contribution is -2.31. The molecule has 0 spiro atoms. The van der Waals surface area contributed by atoms with Crippen LogP contribution in [0.15, 0.2) is 44.4 Å². The van der Waals surface area contributed by atoms with Gasteiger partial charge in [0.2, 0.25) is 5.82 Å². The molecule has 4 heterocycles. The second-order valence-electron chi connectivity index (χ2n) is 9.33. The van der Waals surface area contributed by atoms with Gasteiger partial charge in [-0.1, -0.05) is 37.8 Å². The molecule has 2 aromatic rings. The lowest BCUT2D eigenvalue weighted by Gasteiger charge is -2.29. The highest BCUT2D eigenvalue weighted by molar-refractivity contribution is 7.99. The number of allylic oxidation sites excluding steroid dienone is 1. The fourth-order valence-corrected chi connectivity index (χ4v) is 5.68. The number of hydrogen-bond donors (Lipinski definition) is 1. The van der Waals surface area contributed by atoms with Crippen molar-refractivity contribution >= 4 is 17.7 Å². The van der Waals surface area contributed by atoms with E-state index in [0.717, 1.165) is 66.3 Å². The van der Waals surface area contributed by atoms with Gasteiger partial charge < -0.3 is 19.0 Å². The minimum atomic E-state index is 0.0374. The molecule has 3 aliphatic rings. The van der Waals surface area contributed by atoms with Crippen molar-refractivity contribution in [2.75, 3.05) is 12.3 Å². The summed E-state index contributed by atoms with van der Waals surface area (Å²) in [7, 11) is 1.98. The summed E-state index contributed by atoms with van der Waals surface area (Å²) in [6.45, 7) is 7.10. The SMILES string of the molecule is Cc1ncoc1-c1nnc(SCCCC2CC3CC=C4N=C(C(C)C)OC4C3=CCN2)n1C. The maximum atomic E-state index is 6.24. The maximum absolute atomic E-state index is 6.24. The van der Waals surface area contributed by atoms with Gasteiger partial charge in [-0.2, -0.15) is 0 Å². The Morgan fingerprint density at radius 3 is 2.94 bits per heavy atom. The van der Waals surface area contributed by atoms with Crippen LogP contribution < -0.4 is 5.32 Å². The lowest BCUT2D eigenvalue weighted by atomic mass is 9.81. The van der Waals surface area contributed by atoms with Crippen molar-refractivity contribution in [3.8, 4) is 11.6 Å². The van der Waals surface area contributed by atoms with Crippen molar-refractivity contribution in [1.82, 2.24) is 25.1 Å². The number of ether oxygens (including phenoxy) is 1. The van der Waals surface area contributed by atoms with Gasteiger partial charge in [0, 0.05) is 31.3 Å². The molecular formula is C24H32N6O2S. The number of thioether (sulfide) groups is 1. The Balaban J connectivity index is 1.12. The van der Waals surface area contributed by atoms with Gasteiger partial charge in [-0.3, -0.25) is 0 Å². The van der Waals surface area contributed by atoms with Crippen LogP contribution in [-0.4, -0.2) is 50.1 Å². The number of hydrogen-bond acceptors (Lipinski definition) is 8. The van der Waals surface area contributed by atoms with Crippen molar-refractivity contribution in [3.63, 3.8) is 0 Å². The Labute approximate surface area is 199 Å². The molecule has 0 radical (unpaired) electrons. The van der Waals surface area contributed by atoms with Crippen LogP contribution in [0, 0.1) is 18.8 Å². The van der Waals surface area contributed by atoms with Crippen molar-refractivity contribution in [2.24, 2.45) is 23.9 Å². The lowest BCUT2D eigenvalue weighted by molar-refractivity contribution is 0.238. The average Bonchev–Trinajstić information content (AvgIpc) is 3.47. The van der Waals surface area contributed by atoms with Crippen LogP contribution in [0.3, 0.4) is 0 Å². The van der Waals surface area contributed by atoms with Crippen LogP contribution in [-0.2, 0) is 11.8 Å². The Bertz CT molecular complexity index is 1100. The van der Waals surface area contributed by atoms with E-state index in [4.69, 9.17) is 14.1 Å². The first kappa shape index (κ1) is 22.4. The topological polar surface area (TPSA) is 90.4 Å². The Morgan fingerprint density at radius 2 is 2.15 bits per heavy atom. The number of nitrogens with one attached hydrogen (secondary N) is 1. The summed E-state index contributed by atoms with van der Waals surface area (Å²) in [5.41, 5.74) is 3.36. The van der Waals surface area contributed by atoms with E-state index in [1.807, 2.05) is 18.5 Å². The van der Waals surface area contributed by atoms with Gasteiger partial charge in [0.15, 0.2) is 29.3 Å². The zero-order valence-corrected chi connectivity index (χ0v) is 20.6. The normalized spacial score (nSPS) is 24.5. The largest absolute Gasteiger partial charge is 0.466 e. The predicted molar refractivity (Wildman–Crippen MR) is 129 cm³/mol. The van der Waals surface area contributed by atoms with Gasteiger partial charge in [0.05, 0.1) is 11.4 Å².